The van der Waals surface area contributed by atoms with Gasteiger partial charge in [0.05, 0.1) is 43.3 Å². The molecule has 2 aromatic carbocycles. The molecule has 266 valence electrons. The molecule has 0 heterocycles. The van der Waals surface area contributed by atoms with Crippen LogP contribution in [0.25, 0.3) is 0 Å². The van der Waals surface area contributed by atoms with Crippen LogP contribution in [-0.2, 0) is 19.1 Å². The minimum absolute atomic E-state index is 0.0307. The normalized spacial score (nSPS) is 13.7. The summed E-state index contributed by atoms with van der Waals surface area (Å²) in [6.07, 6.45) is 6.82. The van der Waals surface area contributed by atoms with E-state index in [1.165, 1.54) is 0 Å². The molecule has 0 radical (unpaired) electrons. The smallest absolute Gasteiger partial charge is 0.423 e. The molecular weight excluding hydrogens is 749 g/mol. The number of benzene rings is 2. The van der Waals surface area contributed by atoms with Crippen LogP contribution in [0.1, 0.15) is 114 Å². The summed E-state index contributed by atoms with van der Waals surface area (Å²) >= 11 is 37.6. The first kappa shape index (κ1) is 42.2. The Balaban J connectivity index is 2.39. The molecule has 0 aliphatic heterocycles. The molecule has 0 aliphatic rings. The van der Waals surface area contributed by atoms with Crippen LogP contribution in [0.3, 0.4) is 0 Å². The SMILES string of the molecule is CCCCC(C)(CC)COC(=O)c1c(Cl)c(Cl)cc(Cl)c1OC(=O)C(=O)Oc1c(Cl)cc(Cl)c(Cl)c1C(=O)OCC(C)(CC)CCCC. The maximum Gasteiger partial charge on any atom is 0.423 e. The largest absolute Gasteiger partial charge is 0.461 e. The first-order valence-corrected chi connectivity index (χ1v) is 17.9. The highest BCUT2D eigenvalue weighted by Crippen LogP contribution is 2.42. The van der Waals surface area contributed by atoms with E-state index in [1.54, 1.807) is 0 Å². The molecule has 0 spiro atoms. The number of esters is 4. The van der Waals surface area contributed by atoms with Gasteiger partial charge in [-0.15, -0.1) is 0 Å². The van der Waals surface area contributed by atoms with Crippen LogP contribution in [0.2, 0.25) is 30.1 Å². The lowest BCUT2D eigenvalue weighted by atomic mass is 9.83. The summed E-state index contributed by atoms with van der Waals surface area (Å²) in [4.78, 5) is 52.7. The molecule has 2 aromatic rings. The van der Waals surface area contributed by atoms with Crippen LogP contribution in [0.4, 0.5) is 0 Å². The molecular formula is C34H40Cl6O8. The Morgan fingerprint density at radius 3 is 1.21 bits per heavy atom. The van der Waals surface area contributed by atoms with Gasteiger partial charge >= 0.3 is 23.9 Å². The fourth-order valence-electron chi connectivity index (χ4n) is 4.52. The van der Waals surface area contributed by atoms with Gasteiger partial charge in [-0.2, -0.15) is 0 Å². The van der Waals surface area contributed by atoms with Crippen molar-refractivity contribution in [2.24, 2.45) is 10.8 Å². The Morgan fingerprint density at radius 1 is 0.583 bits per heavy atom. The Morgan fingerprint density at radius 2 is 0.917 bits per heavy atom. The average Bonchev–Trinajstić information content (AvgIpc) is 3.05. The van der Waals surface area contributed by atoms with E-state index >= 15 is 0 Å². The molecule has 0 aromatic heterocycles. The molecule has 2 atom stereocenters. The van der Waals surface area contributed by atoms with E-state index in [9.17, 15) is 19.2 Å². The molecule has 2 rings (SSSR count). The Kier molecular flexibility index (Phi) is 16.6. The zero-order valence-electron chi connectivity index (χ0n) is 27.8. The summed E-state index contributed by atoms with van der Waals surface area (Å²) in [7, 11) is 0. The average molecular weight is 789 g/mol. The fourth-order valence-corrected chi connectivity index (χ4v) is 5.96. The van der Waals surface area contributed by atoms with Gasteiger partial charge in [0.2, 0.25) is 0 Å². The number of ether oxygens (including phenoxy) is 4. The van der Waals surface area contributed by atoms with E-state index in [0.29, 0.717) is 0 Å². The summed E-state index contributed by atoms with van der Waals surface area (Å²) in [5.41, 5.74) is -1.60. The molecule has 0 fully saturated rings. The number of unbranched alkanes of at least 4 members (excludes halogenated alkanes) is 2. The molecule has 0 amide bonds. The van der Waals surface area contributed by atoms with Gasteiger partial charge in [-0.25, -0.2) is 19.2 Å². The summed E-state index contributed by atoms with van der Waals surface area (Å²) in [6, 6.07) is 2.25. The lowest BCUT2D eigenvalue weighted by Crippen LogP contribution is -2.28. The predicted octanol–water partition coefficient (Wildman–Crippen LogP) is 11.6. The lowest BCUT2D eigenvalue weighted by Gasteiger charge is -2.28. The second kappa shape index (κ2) is 18.9. The van der Waals surface area contributed by atoms with Crippen molar-refractivity contribution >= 4 is 93.5 Å². The third kappa shape index (κ3) is 11.0. The minimum atomic E-state index is -1.65. The Labute approximate surface area is 311 Å². The molecule has 48 heavy (non-hydrogen) atoms. The van der Waals surface area contributed by atoms with Crippen LogP contribution in [-0.4, -0.2) is 37.1 Å². The van der Waals surface area contributed by atoms with Gasteiger partial charge < -0.3 is 18.9 Å². The van der Waals surface area contributed by atoms with Gasteiger partial charge in [-0.3, -0.25) is 0 Å². The first-order chi connectivity index (χ1) is 22.5. The van der Waals surface area contributed by atoms with E-state index in [1.807, 2.05) is 27.7 Å². The first-order valence-electron chi connectivity index (χ1n) is 15.6. The van der Waals surface area contributed by atoms with Crippen molar-refractivity contribution in [3.05, 3.63) is 53.4 Å². The summed E-state index contributed by atoms with van der Waals surface area (Å²) in [6.45, 7) is 12.1. The monoisotopic (exact) mass is 786 g/mol. The summed E-state index contributed by atoms with van der Waals surface area (Å²) in [5, 5.41) is -1.52. The van der Waals surface area contributed by atoms with E-state index < -0.39 is 46.5 Å². The second-order valence-corrected chi connectivity index (χ2v) is 14.6. The second-order valence-electron chi connectivity index (χ2n) is 12.2. The van der Waals surface area contributed by atoms with Crippen molar-refractivity contribution in [1.82, 2.24) is 0 Å². The van der Waals surface area contributed by atoms with E-state index in [2.05, 4.69) is 13.8 Å². The van der Waals surface area contributed by atoms with Crippen LogP contribution >= 0.6 is 69.6 Å². The van der Waals surface area contributed by atoms with Crippen LogP contribution in [0.5, 0.6) is 11.5 Å². The van der Waals surface area contributed by atoms with E-state index in [-0.39, 0.29) is 54.2 Å². The van der Waals surface area contributed by atoms with Crippen molar-refractivity contribution in [1.29, 1.82) is 0 Å². The molecule has 0 aliphatic carbocycles. The summed E-state index contributed by atoms with van der Waals surface area (Å²) in [5.74, 6) is -6.43. The zero-order valence-corrected chi connectivity index (χ0v) is 32.3. The van der Waals surface area contributed by atoms with Gasteiger partial charge in [-0.05, 0) is 37.8 Å². The van der Waals surface area contributed by atoms with Crippen molar-refractivity contribution in [2.45, 2.75) is 92.9 Å². The van der Waals surface area contributed by atoms with Crippen LogP contribution < -0.4 is 9.47 Å². The van der Waals surface area contributed by atoms with Crippen LogP contribution in [0.15, 0.2) is 12.1 Å². The molecule has 0 saturated heterocycles. The fraction of sp³-hybridized carbons (Fsp3) is 0.529. The minimum Gasteiger partial charge on any atom is -0.461 e. The predicted molar refractivity (Wildman–Crippen MR) is 191 cm³/mol. The highest BCUT2D eigenvalue weighted by atomic mass is 35.5. The Bertz CT molecular complexity index is 1400. The van der Waals surface area contributed by atoms with Crippen molar-refractivity contribution in [2.75, 3.05) is 13.2 Å². The zero-order chi connectivity index (χ0) is 36.4. The number of hydrogen-bond donors (Lipinski definition) is 0. The molecule has 0 saturated carbocycles. The van der Waals surface area contributed by atoms with Gasteiger partial charge in [0.15, 0.2) is 11.5 Å². The quantitative estimate of drug-likeness (QED) is 0.0716. The highest BCUT2D eigenvalue weighted by Gasteiger charge is 2.34. The molecule has 0 N–H and O–H groups in total. The number of halogens is 6. The number of carbonyl (C=O) groups excluding carboxylic acids is 4. The number of rotatable bonds is 16. The third-order valence-electron chi connectivity index (χ3n) is 8.30. The molecule has 0 bridgehead atoms. The van der Waals surface area contributed by atoms with E-state index in [0.717, 1.165) is 63.5 Å². The van der Waals surface area contributed by atoms with E-state index in [4.69, 9.17) is 88.6 Å². The number of hydrogen-bond acceptors (Lipinski definition) is 8. The van der Waals surface area contributed by atoms with Crippen LogP contribution in [0, 0.1) is 10.8 Å². The third-order valence-corrected chi connectivity index (χ3v) is 10.4. The van der Waals surface area contributed by atoms with Crippen molar-refractivity contribution in [3.8, 4) is 11.5 Å². The topological polar surface area (TPSA) is 105 Å². The summed E-state index contributed by atoms with van der Waals surface area (Å²) < 4.78 is 21.6. The highest BCUT2D eigenvalue weighted by molar-refractivity contribution is 6.47. The maximum atomic E-state index is 13.3. The molecule has 8 nitrogen and oxygen atoms in total. The lowest BCUT2D eigenvalue weighted by molar-refractivity contribution is -0.156. The van der Waals surface area contributed by atoms with Crippen molar-refractivity contribution < 1.29 is 38.1 Å². The van der Waals surface area contributed by atoms with Gasteiger partial charge in [0, 0.05) is 10.8 Å². The number of carbonyl (C=O) groups is 4. The van der Waals surface area contributed by atoms with Gasteiger partial charge in [0.25, 0.3) is 0 Å². The standard InChI is InChI=1S/C34H40Cl6O8/c1-7-11-13-33(5,9-3)17-45-29(41)23-25(39)19(35)15-21(37)27(23)47-31(43)32(44)48-28-22(38)16-20(36)26(40)24(28)30(42)46-18-34(6,10-4)14-12-8-2/h15-16H,7-14,17-18H2,1-6H3. The maximum absolute atomic E-state index is 13.3. The Hall–Kier alpha value is -1.94. The molecule has 14 heteroatoms. The van der Waals surface area contributed by atoms with Gasteiger partial charge in [0.1, 0.15) is 11.1 Å². The van der Waals surface area contributed by atoms with Gasteiger partial charge in [-0.1, -0.05) is 137 Å². The molecule has 2 unspecified atom stereocenters. The van der Waals surface area contributed by atoms with Crippen molar-refractivity contribution in [3.63, 3.8) is 0 Å².